The van der Waals surface area contributed by atoms with Crippen LogP contribution in [0, 0.1) is 0 Å². The van der Waals surface area contributed by atoms with Crippen LogP contribution in [0.1, 0.15) is 34.5 Å². The second-order valence-electron chi connectivity index (χ2n) is 6.64. The first kappa shape index (κ1) is 16.4. The minimum atomic E-state index is -0.131. The van der Waals surface area contributed by atoms with E-state index in [2.05, 4.69) is 10.3 Å². The SMILES string of the molecule is O=C(NCc1ccccc1CN1CCCC1=O)c1cc2ccccc2[nH]1. The van der Waals surface area contributed by atoms with Crippen molar-refractivity contribution in [1.82, 2.24) is 15.2 Å². The van der Waals surface area contributed by atoms with E-state index in [9.17, 15) is 9.59 Å². The average molecular weight is 347 g/mol. The molecule has 1 aromatic heterocycles. The third-order valence-electron chi connectivity index (χ3n) is 4.86. The van der Waals surface area contributed by atoms with Crippen LogP contribution >= 0.6 is 0 Å². The van der Waals surface area contributed by atoms with Gasteiger partial charge >= 0.3 is 0 Å². The number of benzene rings is 2. The van der Waals surface area contributed by atoms with E-state index in [0.29, 0.717) is 25.2 Å². The molecule has 0 saturated carbocycles. The van der Waals surface area contributed by atoms with E-state index >= 15 is 0 Å². The highest BCUT2D eigenvalue weighted by atomic mass is 16.2. The molecule has 4 rings (SSSR count). The Balaban J connectivity index is 1.45. The summed E-state index contributed by atoms with van der Waals surface area (Å²) in [6.07, 6.45) is 1.57. The third-order valence-corrected chi connectivity index (χ3v) is 4.86. The summed E-state index contributed by atoms with van der Waals surface area (Å²) in [5.41, 5.74) is 3.63. The Bertz CT molecular complexity index is 928. The molecule has 1 fully saturated rings. The zero-order valence-electron chi connectivity index (χ0n) is 14.5. The number of hydrogen-bond donors (Lipinski definition) is 2. The normalized spacial score (nSPS) is 14.2. The average Bonchev–Trinajstić information content (AvgIpc) is 3.27. The molecule has 1 aliphatic heterocycles. The summed E-state index contributed by atoms with van der Waals surface area (Å²) >= 11 is 0. The van der Waals surface area contributed by atoms with E-state index in [1.807, 2.05) is 59.5 Å². The first-order valence-electron chi connectivity index (χ1n) is 8.91. The van der Waals surface area contributed by atoms with E-state index in [1.54, 1.807) is 0 Å². The van der Waals surface area contributed by atoms with Gasteiger partial charge in [0.25, 0.3) is 5.91 Å². The Labute approximate surface area is 152 Å². The number of nitrogens with zero attached hydrogens (tertiary/aromatic N) is 1. The van der Waals surface area contributed by atoms with Crippen molar-refractivity contribution in [3.8, 4) is 0 Å². The number of carbonyl (C=O) groups excluding carboxylic acids is 2. The summed E-state index contributed by atoms with van der Waals surface area (Å²) in [6.45, 7) is 1.86. The van der Waals surface area contributed by atoms with Crippen LogP contribution in [-0.4, -0.2) is 28.2 Å². The molecule has 1 saturated heterocycles. The number of aromatic amines is 1. The topological polar surface area (TPSA) is 65.2 Å². The van der Waals surface area contributed by atoms with Crippen molar-refractivity contribution in [1.29, 1.82) is 0 Å². The van der Waals surface area contributed by atoms with Gasteiger partial charge in [-0.05, 0) is 29.7 Å². The summed E-state index contributed by atoms with van der Waals surface area (Å²) in [5, 5.41) is 4.00. The monoisotopic (exact) mass is 347 g/mol. The van der Waals surface area contributed by atoms with Gasteiger partial charge in [-0.15, -0.1) is 0 Å². The summed E-state index contributed by atoms with van der Waals surface area (Å²) in [6, 6.07) is 17.6. The number of para-hydroxylation sites is 1. The molecule has 26 heavy (non-hydrogen) atoms. The largest absolute Gasteiger partial charge is 0.351 e. The van der Waals surface area contributed by atoms with Crippen LogP contribution in [0.2, 0.25) is 0 Å². The number of rotatable bonds is 5. The van der Waals surface area contributed by atoms with Crippen LogP contribution in [0.4, 0.5) is 0 Å². The summed E-state index contributed by atoms with van der Waals surface area (Å²) < 4.78 is 0. The molecule has 132 valence electrons. The fourth-order valence-electron chi connectivity index (χ4n) is 3.43. The smallest absolute Gasteiger partial charge is 0.267 e. The van der Waals surface area contributed by atoms with Gasteiger partial charge in [0.2, 0.25) is 5.91 Å². The molecule has 5 heteroatoms. The zero-order valence-corrected chi connectivity index (χ0v) is 14.5. The van der Waals surface area contributed by atoms with E-state index in [4.69, 9.17) is 0 Å². The van der Waals surface area contributed by atoms with Crippen molar-refractivity contribution in [2.75, 3.05) is 6.54 Å². The van der Waals surface area contributed by atoms with Crippen LogP contribution in [0.5, 0.6) is 0 Å². The van der Waals surface area contributed by atoms with Gasteiger partial charge in [-0.3, -0.25) is 9.59 Å². The second kappa shape index (κ2) is 7.04. The molecular weight excluding hydrogens is 326 g/mol. The van der Waals surface area contributed by atoms with Gasteiger partial charge < -0.3 is 15.2 Å². The first-order chi connectivity index (χ1) is 12.7. The van der Waals surface area contributed by atoms with E-state index in [-0.39, 0.29) is 11.8 Å². The summed E-state index contributed by atoms with van der Waals surface area (Å²) in [7, 11) is 0. The fourth-order valence-corrected chi connectivity index (χ4v) is 3.43. The van der Waals surface area contributed by atoms with Gasteiger partial charge in [0.1, 0.15) is 5.69 Å². The van der Waals surface area contributed by atoms with Crippen LogP contribution in [0.25, 0.3) is 10.9 Å². The molecule has 0 spiro atoms. The maximum atomic E-state index is 12.5. The maximum absolute atomic E-state index is 12.5. The number of hydrogen-bond acceptors (Lipinski definition) is 2. The highest BCUT2D eigenvalue weighted by Crippen LogP contribution is 2.18. The van der Waals surface area contributed by atoms with Crippen LogP contribution in [0.3, 0.4) is 0 Å². The Morgan fingerprint density at radius 1 is 1.08 bits per heavy atom. The van der Waals surface area contributed by atoms with Gasteiger partial charge in [-0.25, -0.2) is 0 Å². The predicted molar refractivity (Wildman–Crippen MR) is 101 cm³/mol. The Hall–Kier alpha value is -3.08. The minimum absolute atomic E-state index is 0.131. The molecule has 0 aliphatic carbocycles. The molecule has 2 amide bonds. The minimum Gasteiger partial charge on any atom is -0.351 e. The molecule has 5 nitrogen and oxygen atoms in total. The number of carbonyl (C=O) groups is 2. The highest BCUT2D eigenvalue weighted by molar-refractivity contribution is 5.97. The van der Waals surface area contributed by atoms with Crippen LogP contribution in [-0.2, 0) is 17.9 Å². The van der Waals surface area contributed by atoms with Gasteiger partial charge in [0.15, 0.2) is 0 Å². The van der Waals surface area contributed by atoms with Crippen LogP contribution in [0.15, 0.2) is 54.6 Å². The summed E-state index contributed by atoms with van der Waals surface area (Å²) in [5.74, 6) is 0.0789. The molecule has 3 aromatic rings. The van der Waals surface area contributed by atoms with Crippen molar-refractivity contribution < 1.29 is 9.59 Å². The Morgan fingerprint density at radius 2 is 1.85 bits per heavy atom. The highest BCUT2D eigenvalue weighted by Gasteiger charge is 2.21. The van der Waals surface area contributed by atoms with E-state index in [0.717, 1.165) is 35.0 Å². The number of fused-ring (bicyclic) bond motifs is 1. The predicted octanol–water partition coefficient (Wildman–Crippen LogP) is 3.22. The number of nitrogens with one attached hydrogen (secondary N) is 2. The molecule has 0 bridgehead atoms. The lowest BCUT2D eigenvalue weighted by Gasteiger charge is -2.18. The van der Waals surface area contributed by atoms with Crippen molar-refractivity contribution in [3.63, 3.8) is 0 Å². The molecule has 1 aliphatic rings. The number of H-pyrrole nitrogens is 1. The first-order valence-corrected chi connectivity index (χ1v) is 8.91. The lowest BCUT2D eigenvalue weighted by Crippen LogP contribution is -2.27. The lowest BCUT2D eigenvalue weighted by molar-refractivity contribution is -0.128. The Morgan fingerprint density at radius 3 is 2.62 bits per heavy atom. The van der Waals surface area contributed by atoms with E-state index in [1.165, 1.54) is 0 Å². The Kier molecular flexibility index (Phi) is 4.44. The summed E-state index contributed by atoms with van der Waals surface area (Å²) in [4.78, 5) is 29.4. The van der Waals surface area contributed by atoms with Crippen molar-refractivity contribution in [3.05, 3.63) is 71.4 Å². The zero-order chi connectivity index (χ0) is 17.9. The van der Waals surface area contributed by atoms with Crippen molar-refractivity contribution >= 4 is 22.7 Å². The fraction of sp³-hybridized carbons (Fsp3) is 0.238. The molecule has 2 N–H and O–H groups in total. The second-order valence-corrected chi connectivity index (χ2v) is 6.64. The molecule has 2 heterocycles. The molecule has 0 radical (unpaired) electrons. The van der Waals surface area contributed by atoms with Crippen molar-refractivity contribution in [2.45, 2.75) is 25.9 Å². The standard InChI is InChI=1S/C21H21N3O2/c25-20-10-5-11-24(20)14-17-8-2-1-7-16(17)13-22-21(26)19-12-15-6-3-4-9-18(15)23-19/h1-4,6-9,12,23H,5,10-11,13-14H2,(H,22,26). The maximum Gasteiger partial charge on any atom is 0.267 e. The molecule has 0 atom stereocenters. The van der Waals surface area contributed by atoms with Gasteiger partial charge in [-0.2, -0.15) is 0 Å². The molecule has 0 unspecified atom stereocenters. The lowest BCUT2D eigenvalue weighted by atomic mass is 10.1. The number of likely N-dealkylation sites (tertiary alicyclic amines) is 1. The number of amides is 2. The molecule has 2 aromatic carbocycles. The van der Waals surface area contributed by atoms with Gasteiger partial charge in [0, 0.05) is 37.0 Å². The van der Waals surface area contributed by atoms with E-state index < -0.39 is 0 Å². The molecular formula is C21H21N3O2. The van der Waals surface area contributed by atoms with Crippen molar-refractivity contribution in [2.24, 2.45) is 0 Å². The van der Waals surface area contributed by atoms with Gasteiger partial charge in [0.05, 0.1) is 0 Å². The quantitative estimate of drug-likeness (QED) is 0.744. The third kappa shape index (κ3) is 3.33. The van der Waals surface area contributed by atoms with Crippen LogP contribution < -0.4 is 5.32 Å². The van der Waals surface area contributed by atoms with Gasteiger partial charge in [-0.1, -0.05) is 42.5 Å². The number of aromatic nitrogens is 1.